The van der Waals surface area contributed by atoms with Gasteiger partial charge in [0, 0.05) is 6.61 Å². The molecule has 1 rings (SSSR count). The van der Waals surface area contributed by atoms with E-state index < -0.39 is 0 Å². The fraction of sp³-hybridized carbons (Fsp3) is 0.600. The van der Waals surface area contributed by atoms with Gasteiger partial charge in [0.05, 0.1) is 6.61 Å². The maximum atomic E-state index is 9.13. The Labute approximate surface area is 105 Å². The molecular formula is C15H24O2. The normalized spacial score (nSPS) is 10.6. The molecule has 2 nitrogen and oxygen atoms in total. The molecule has 96 valence electrons. The first kappa shape index (κ1) is 14.0. The summed E-state index contributed by atoms with van der Waals surface area (Å²) < 4.78 is 5.58. The van der Waals surface area contributed by atoms with Crippen molar-refractivity contribution in [2.24, 2.45) is 0 Å². The maximum Gasteiger partial charge on any atom is 0.115 e. The van der Waals surface area contributed by atoms with Gasteiger partial charge in [0.2, 0.25) is 0 Å². The van der Waals surface area contributed by atoms with Gasteiger partial charge in [-0.15, -0.1) is 0 Å². The molecule has 0 spiro atoms. The van der Waals surface area contributed by atoms with Crippen LogP contribution in [0.25, 0.3) is 0 Å². The van der Waals surface area contributed by atoms with Crippen LogP contribution in [0.5, 0.6) is 5.75 Å². The summed E-state index contributed by atoms with van der Waals surface area (Å²) in [5.41, 5.74) is 1.12. The van der Waals surface area contributed by atoms with Crippen LogP contribution in [-0.2, 0) is 11.3 Å². The highest BCUT2D eigenvalue weighted by atomic mass is 16.5. The minimum Gasteiger partial charge on any atom is -0.508 e. The smallest absolute Gasteiger partial charge is 0.115 e. The van der Waals surface area contributed by atoms with E-state index in [1.165, 1.54) is 32.1 Å². The minimum absolute atomic E-state index is 0.310. The first-order valence-electron chi connectivity index (χ1n) is 6.68. The van der Waals surface area contributed by atoms with Crippen LogP contribution in [0.2, 0.25) is 0 Å². The molecule has 0 aliphatic heterocycles. The molecule has 0 amide bonds. The predicted octanol–water partition coefficient (Wildman–Crippen LogP) is 4.27. The fourth-order valence-electron chi connectivity index (χ4n) is 1.77. The molecule has 0 aliphatic rings. The van der Waals surface area contributed by atoms with Crippen LogP contribution in [0.3, 0.4) is 0 Å². The van der Waals surface area contributed by atoms with E-state index in [-0.39, 0.29) is 0 Å². The van der Waals surface area contributed by atoms with Gasteiger partial charge in [-0.25, -0.2) is 0 Å². The number of phenols is 1. The Morgan fingerprint density at radius 3 is 2.29 bits per heavy atom. The van der Waals surface area contributed by atoms with Crippen molar-refractivity contribution in [2.45, 2.75) is 52.1 Å². The average molecular weight is 236 g/mol. The van der Waals surface area contributed by atoms with E-state index in [0.717, 1.165) is 18.6 Å². The van der Waals surface area contributed by atoms with Crippen LogP contribution in [0.15, 0.2) is 24.3 Å². The Hall–Kier alpha value is -1.02. The molecule has 0 atom stereocenters. The van der Waals surface area contributed by atoms with Gasteiger partial charge in [0.25, 0.3) is 0 Å². The molecule has 1 aromatic rings. The van der Waals surface area contributed by atoms with Crippen molar-refractivity contribution >= 4 is 0 Å². The highest BCUT2D eigenvalue weighted by Crippen LogP contribution is 2.11. The highest BCUT2D eigenvalue weighted by Gasteiger charge is 1.94. The van der Waals surface area contributed by atoms with E-state index >= 15 is 0 Å². The second-order valence-corrected chi connectivity index (χ2v) is 4.49. The Balaban J connectivity index is 1.95. The summed E-state index contributed by atoms with van der Waals surface area (Å²) in [5, 5.41) is 9.13. The first-order chi connectivity index (χ1) is 8.33. The summed E-state index contributed by atoms with van der Waals surface area (Å²) in [6.07, 6.45) is 7.77. The minimum atomic E-state index is 0.310. The van der Waals surface area contributed by atoms with Gasteiger partial charge in [0.15, 0.2) is 0 Å². The van der Waals surface area contributed by atoms with Gasteiger partial charge in [-0.3, -0.25) is 0 Å². The van der Waals surface area contributed by atoms with Crippen LogP contribution in [-0.4, -0.2) is 11.7 Å². The van der Waals surface area contributed by atoms with Crippen molar-refractivity contribution in [1.29, 1.82) is 0 Å². The third kappa shape index (κ3) is 7.01. The molecule has 1 N–H and O–H groups in total. The van der Waals surface area contributed by atoms with E-state index in [9.17, 15) is 0 Å². The number of hydrogen-bond acceptors (Lipinski definition) is 2. The lowest BCUT2D eigenvalue weighted by molar-refractivity contribution is 0.116. The molecule has 0 saturated carbocycles. The lowest BCUT2D eigenvalue weighted by Crippen LogP contribution is -1.95. The Morgan fingerprint density at radius 2 is 1.59 bits per heavy atom. The Bertz CT molecular complexity index is 279. The summed E-state index contributed by atoms with van der Waals surface area (Å²) in [7, 11) is 0. The lowest BCUT2D eigenvalue weighted by Gasteiger charge is -2.04. The summed E-state index contributed by atoms with van der Waals surface area (Å²) in [4.78, 5) is 0. The standard InChI is InChI=1S/C15H24O2/c1-2-3-4-5-6-7-12-17-13-14-8-10-15(16)11-9-14/h8-11,16H,2-7,12-13H2,1H3. The quantitative estimate of drug-likeness (QED) is 0.649. The topological polar surface area (TPSA) is 29.5 Å². The van der Waals surface area contributed by atoms with Crippen molar-refractivity contribution < 1.29 is 9.84 Å². The zero-order chi connectivity index (χ0) is 12.3. The molecule has 0 saturated heterocycles. The molecule has 0 unspecified atom stereocenters. The number of hydrogen-bond donors (Lipinski definition) is 1. The summed E-state index contributed by atoms with van der Waals surface area (Å²) in [6, 6.07) is 7.19. The van der Waals surface area contributed by atoms with Crippen LogP contribution in [0, 0.1) is 0 Å². The van der Waals surface area contributed by atoms with Gasteiger partial charge in [-0.05, 0) is 24.1 Å². The number of benzene rings is 1. The summed E-state index contributed by atoms with van der Waals surface area (Å²) in [6.45, 7) is 3.73. The van der Waals surface area contributed by atoms with E-state index in [0.29, 0.717) is 12.4 Å². The van der Waals surface area contributed by atoms with Crippen molar-refractivity contribution in [1.82, 2.24) is 0 Å². The number of ether oxygens (including phenoxy) is 1. The molecule has 17 heavy (non-hydrogen) atoms. The van der Waals surface area contributed by atoms with E-state index in [4.69, 9.17) is 9.84 Å². The average Bonchev–Trinajstić information content (AvgIpc) is 2.35. The zero-order valence-electron chi connectivity index (χ0n) is 10.8. The van der Waals surface area contributed by atoms with Crippen molar-refractivity contribution in [3.05, 3.63) is 29.8 Å². The van der Waals surface area contributed by atoms with Gasteiger partial charge < -0.3 is 9.84 Å². The number of rotatable bonds is 9. The largest absolute Gasteiger partial charge is 0.508 e. The third-order valence-electron chi connectivity index (χ3n) is 2.85. The van der Waals surface area contributed by atoms with Gasteiger partial charge >= 0.3 is 0 Å². The predicted molar refractivity (Wildman–Crippen MR) is 71.1 cm³/mol. The van der Waals surface area contributed by atoms with Crippen LogP contribution in [0.1, 0.15) is 51.0 Å². The highest BCUT2D eigenvalue weighted by molar-refractivity contribution is 5.25. The number of phenolic OH excluding ortho intramolecular Hbond substituents is 1. The molecule has 0 bridgehead atoms. The second kappa shape index (κ2) is 9.06. The van der Waals surface area contributed by atoms with Gasteiger partial charge in [-0.2, -0.15) is 0 Å². The monoisotopic (exact) mass is 236 g/mol. The molecule has 0 radical (unpaired) electrons. The number of unbranched alkanes of at least 4 members (excludes halogenated alkanes) is 5. The van der Waals surface area contributed by atoms with Crippen LogP contribution >= 0.6 is 0 Å². The Morgan fingerprint density at radius 1 is 0.941 bits per heavy atom. The fourth-order valence-corrected chi connectivity index (χ4v) is 1.77. The van der Waals surface area contributed by atoms with E-state index in [2.05, 4.69) is 6.92 Å². The second-order valence-electron chi connectivity index (χ2n) is 4.49. The van der Waals surface area contributed by atoms with E-state index in [1.54, 1.807) is 12.1 Å². The molecule has 1 aromatic carbocycles. The summed E-state index contributed by atoms with van der Waals surface area (Å²) in [5.74, 6) is 0.310. The third-order valence-corrected chi connectivity index (χ3v) is 2.85. The van der Waals surface area contributed by atoms with Crippen molar-refractivity contribution in [3.63, 3.8) is 0 Å². The molecule has 0 aromatic heterocycles. The first-order valence-corrected chi connectivity index (χ1v) is 6.68. The Kier molecular flexibility index (Phi) is 7.48. The number of aromatic hydroxyl groups is 1. The van der Waals surface area contributed by atoms with E-state index in [1.807, 2.05) is 12.1 Å². The summed E-state index contributed by atoms with van der Waals surface area (Å²) >= 11 is 0. The van der Waals surface area contributed by atoms with Crippen LogP contribution in [0.4, 0.5) is 0 Å². The van der Waals surface area contributed by atoms with Crippen molar-refractivity contribution in [3.8, 4) is 5.75 Å². The molecule has 0 aliphatic carbocycles. The zero-order valence-corrected chi connectivity index (χ0v) is 10.8. The molecular weight excluding hydrogens is 212 g/mol. The van der Waals surface area contributed by atoms with Gasteiger partial charge in [0.1, 0.15) is 5.75 Å². The molecule has 2 heteroatoms. The maximum absolute atomic E-state index is 9.13. The van der Waals surface area contributed by atoms with Gasteiger partial charge in [-0.1, -0.05) is 51.2 Å². The molecule has 0 heterocycles. The lowest BCUT2D eigenvalue weighted by atomic mass is 10.1. The SMILES string of the molecule is CCCCCCCCOCc1ccc(O)cc1. The van der Waals surface area contributed by atoms with Crippen molar-refractivity contribution in [2.75, 3.05) is 6.61 Å². The molecule has 0 fully saturated rings. The van der Waals surface area contributed by atoms with Crippen LogP contribution < -0.4 is 0 Å².